The zero-order valence-corrected chi connectivity index (χ0v) is 10.1. The van der Waals surface area contributed by atoms with Crippen LogP contribution in [0.2, 0.25) is 0 Å². The quantitative estimate of drug-likeness (QED) is 0.826. The summed E-state index contributed by atoms with van der Waals surface area (Å²) in [5, 5.41) is 2.05. The van der Waals surface area contributed by atoms with Gasteiger partial charge >= 0.3 is 0 Å². The van der Waals surface area contributed by atoms with Gasteiger partial charge in [0.25, 0.3) is 0 Å². The number of nitrogens with zero attached hydrogens (tertiary/aromatic N) is 1. The molecule has 0 saturated carbocycles. The van der Waals surface area contributed by atoms with E-state index in [0.717, 1.165) is 13.0 Å². The first-order valence-corrected chi connectivity index (χ1v) is 6.06. The van der Waals surface area contributed by atoms with E-state index < -0.39 is 0 Å². The van der Waals surface area contributed by atoms with Gasteiger partial charge in [-0.25, -0.2) is 0 Å². The third-order valence-electron chi connectivity index (χ3n) is 2.41. The van der Waals surface area contributed by atoms with Gasteiger partial charge in [0.2, 0.25) is 5.91 Å². The van der Waals surface area contributed by atoms with Gasteiger partial charge < -0.3 is 10.6 Å². The molecule has 0 aromatic carbocycles. The van der Waals surface area contributed by atoms with Crippen LogP contribution in [0.4, 0.5) is 0 Å². The summed E-state index contributed by atoms with van der Waals surface area (Å²) in [5.41, 5.74) is 5.68. The van der Waals surface area contributed by atoms with Gasteiger partial charge in [-0.05, 0) is 24.3 Å². The molecule has 0 spiro atoms. The van der Waals surface area contributed by atoms with E-state index in [2.05, 4.69) is 11.4 Å². The van der Waals surface area contributed by atoms with Crippen LogP contribution in [0, 0.1) is 0 Å². The van der Waals surface area contributed by atoms with E-state index in [9.17, 15) is 4.79 Å². The Hall–Kier alpha value is -0.870. The Bertz CT molecular complexity index is 298. The van der Waals surface area contributed by atoms with Crippen molar-refractivity contribution in [1.29, 1.82) is 0 Å². The molecule has 0 saturated heterocycles. The summed E-state index contributed by atoms with van der Waals surface area (Å²) in [6.45, 7) is 2.67. The minimum Gasteiger partial charge on any atom is -0.344 e. The van der Waals surface area contributed by atoms with Crippen molar-refractivity contribution >= 4 is 17.2 Å². The molecule has 1 atom stereocenters. The fraction of sp³-hybridized carbons (Fsp3) is 0.545. The lowest BCUT2D eigenvalue weighted by Gasteiger charge is -2.20. The maximum atomic E-state index is 11.6. The van der Waals surface area contributed by atoms with Crippen LogP contribution in [0.25, 0.3) is 0 Å². The van der Waals surface area contributed by atoms with Gasteiger partial charge in [0.05, 0.1) is 6.04 Å². The van der Waals surface area contributed by atoms with Crippen LogP contribution in [-0.2, 0) is 11.2 Å². The zero-order chi connectivity index (χ0) is 11.3. The van der Waals surface area contributed by atoms with Crippen molar-refractivity contribution in [3.8, 4) is 0 Å². The summed E-state index contributed by atoms with van der Waals surface area (Å²) >= 11 is 1.72. The predicted molar refractivity (Wildman–Crippen MR) is 63.9 cm³/mol. The molecule has 0 radical (unpaired) electrons. The van der Waals surface area contributed by atoms with E-state index in [1.54, 1.807) is 16.2 Å². The number of hydrogen-bond donors (Lipinski definition) is 1. The minimum atomic E-state index is -0.349. The van der Waals surface area contributed by atoms with Crippen LogP contribution in [-0.4, -0.2) is 30.4 Å². The first-order chi connectivity index (χ1) is 7.15. The largest absolute Gasteiger partial charge is 0.344 e. The average Bonchev–Trinajstić information content (AvgIpc) is 2.76. The lowest BCUT2D eigenvalue weighted by molar-refractivity contribution is -0.131. The summed E-state index contributed by atoms with van der Waals surface area (Å²) < 4.78 is 0. The molecule has 15 heavy (non-hydrogen) atoms. The van der Waals surface area contributed by atoms with Crippen molar-refractivity contribution < 1.29 is 4.79 Å². The van der Waals surface area contributed by atoms with Crippen LogP contribution in [0.5, 0.6) is 0 Å². The number of carbonyl (C=O) groups is 1. The molecule has 2 N–H and O–H groups in total. The molecule has 3 nitrogen and oxygen atoms in total. The zero-order valence-electron chi connectivity index (χ0n) is 9.27. The van der Waals surface area contributed by atoms with Crippen LogP contribution in [0.3, 0.4) is 0 Å². The maximum absolute atomic E-state index is 11.6. The van der Waals surface area contributed by atoms with E-state index >= 15 is 0 Å². The number of hydrogen-bond acceptors (Lipinski definition) is 3. The first kappa shape index (κ1) is 12.2. The lowest BCUT2D eigenvalue weighted by Crippen LogP contribution is -2.42. The number of thiophene rings is 1. The third kappa shape index (κ3) is 3.64. The van der Waals surface area contributed by atoms with E-state index in [0.29, 0.717) is 6.42 Å². The van der Waals surface area contributed by atoms with Crippen molar-refractivity contribution in [2.75, 3.05) is 13.6 Å². The molecular weight excluding hydrogens is 208 g/mol. The monoisotopic (exact) mass is 226 g/mol. The minimum absolute atomic E-state index is 0.0362. The number of amides is 1. The molecule has 0 aliphatic heterocycles. The molecule has 0 aliphatic rings. The predicted octanol–water partition coefficient (Wildman–Crippen LogP) is 1.49. The SMILES string of the molecule is CC[C@@H](N)C(=O)N(C)CCc1cccs1. The molecule has 0 bridgehead atoms. The second-order valence-corrected chi connectivity index (χ2v) is 4.64. The molecule has 0 unspecified atom stereocenters. The van der Waals surface area contributed by atoms with Gasteiger partial charge in [-0.3, -0.25) is 4.79 Å². The van der Waals surface area contributed by atoms with Crippen molar-refractivity contribution in [2.24, 2.45) is 5.73 Å². The summed E-state index contributed by atoms with van der Waals surface area (Å²) in [7, 11) is 1.81. The normalized spacial score (nSPS) is 12.5. The van der Waals surface area contributed by atoms with Crippen LogP contribution in [0.15, 0.2) is 17.5 Å². The number of rotatable bonds is 5. The smallest absolute Gasteiger partial charge is 0.239 e. The molecule has 0 fully saturated rings. The molecule has 4 heteroatoms. The summed E-state index contributed by atoms with van der Waals surface area (Å²) in [6.07, 6.45) is 1.61. The first-order valence-electron chi connectivity index (χ1n) is 5.18. The second-order valence-electron chi connectivity index (χ2n) is 3.60. The lowest BCUT2D eigenvalue weighted by atomic mass is 10.2. The molecule has 84 valence electrons. The Morgan fingerprint density at radius 1 is 1.67 bits per heavy atom. The van der Waals surface area contributed by atoms with Gasteiger partial charge in [0.15, 0.2) is 0 Å². The topological polar surface area (TPSA) is 46.3 Å². The molecular formula is C11H18N2OS. The summed E-state index contributed by atoms with van der Waals surface area (Å²) in [4.78, 5) is 14.7. The van der Waals surface area contributed by atoms with Crippen molar-refractivity contribution in [2.45, 2.75) is 25.8 Å². The van der Waals surface area contributed by atoms with Crippen molar-refractivity contribution in [3.63, 3.8) is 0 Å². The molecule has 0 aliphatic carbocycles. The van der Waals surface area contributed by atoms with Gasteiger partial charge in [0.1, 0.15) is 0 Å². The third-order valence-corrected chi connectivity index (χ3v) is 3.34. The Balaban J connectivity index is 2.35. The Morgan fingerprint density at radius 2 is 2.40 bits per heavy atom. The van der Waals surface area contributed by atoms with Gasteiger partial charge in [-0.1, -0.05) is 13.0 Å². The van der Waals surface area contributed by atoms with E-state index in [1.165, 1.54) is 4.88 Å². The van der Waals surface area contributed by atoms with Gasteiger partial charge in [0, 0.05) is 18.5 Å². The van der Waals surface area contributed by atoms with E-state index in [1.807, 2.05) is 20.0 Å². The Labute approximate surface area is 94.9 Å². The number of carbonyl (C=O) groups excluding carboxylic acids is 1. The highest BCUT2D eigenvalue weighted by molar-refractivity contribution is 7.09. The standard InChI is InChI=1S/C11H18N2OS/c1-3-10(12)11(14)13(2)7-6-9-5-4-8-15-9/h4-5,8,10H,3,6-7,12H2,1-2H3/t10-/m1/s1. The molecule has 1 rings (SSSR count). The van der Waals surface area contributed by atoms with Crippen molar-refractivity contribution in [1.82, 2.24) is 4.90 Å². The highest BCUT2D eigenvalue weighted by atomic mass is 32.1. The van der Waals surface area contributed by atoms with Crippen LogP contribution in [0.1, 0.15) is 18.2 Å². The van der Waals surface area contributed by atoms with Gasteiger partial charge in [-0.2, -0.15) is 0 Å². The highest BCUT2D eigenvalue weighted by Gasteiger charge is 2.15. The Morgan fingerprint density at radius 3 is 2.93 bits per heavy atom. The van der Waals surface area contributed by atoms with E-state index in [4.69, 9.17) is 5.73 Å². The molecule has 1 aromatic heterocycles. The van der Waals surface area contributed by atoms with E-state index in [-0.39, 0.29) is 11.9 Å². The molecule has 1 aromatic rings. The maximum Gasteiger partial charge on any atom is 0.239 e. The fourth-order valence-electron chi connectivity index (χ4n) is 1.30. The summed E-state index contributed by atoms with van der Waals surface area (Å²) in [5.74, 6) is 0.0362. The molecule has 1 heterocycles. The average molecular weight is 226 g/mol. The molecule has 1 amide bonds. The highest BCUT2D eigenvalue weighted by Crippen LogP contribution is 2.09. The van der Waals surface area contributed by atoms with Crippen molar-refractivity contribution in [3.05, 3.63) is 22.4 Å². The van der Waals surface area contributed by atoms with Crippen LogP contribution >= 0.6 is 11.3 Å². The Kier molecular flexibility index (Phi) is 4.78. The van der Waals surface area contributed by atoms with Gasteiger partial charge in [-0.15, -0.1) is 11.3 Å². The summed E-state index contributed by atoms with van der Waals surface area (Å²) in [6, 6.07) is 3.76. The van der Waals surface area contributed by atoms with Crippen LogP contribution < -0.4 is 5.73 Å². The fourth-order valence-corrected chi connectivity index (χ4v) is 2.00. The second kappa shape index (κ2) is 5.88. The number of nitrogens with two attached hydrogens (primary N) is 1. The number of likely N-dealkylation sites (N-methyl/N-ethyl adjacent to an activating group) is 1.